The van der Waals surface area contributed by atoms with Gasteiger partial charge in [0.15, 0.2) is 0 Å². The van der Waals surface area contributed by atoms with E-state index in [0.29, 0.717) is 0 Å². The van der Waals surface area contributed by atoms with Crippen LogP contribution in [0.5, 0.6) is 0 Å². The summed E-state index contributed by atoms with van der Waals surface area (Å²) in [6.45, 7) is 16.0. The molecule has 168 valence electrons. The van der Waals surface area contributed by atoms with Gasteiger partial charge in [0.2, 0.25) is 0 Å². The summed E-state index contributed by atoms with van der Waals surface area (Å²) in [5.74, 6) is 0. The summed E-state index contributed by atoms with van der Waals surface area (Å²) in [5.41, 5.74) is 11.8. The van der Waals surface area contributed by atoms with Crippen molar-refractivity contribution in [3.05, 3.63) is 95.1 Å². The molecule has 0 spiro atoms. The van der Waals surface area contributed by atoms with Gasteiger partial charge in [-0.2, -0.15) is 0 Å². The molecule has 0 radical (unpaired) electrons. The fourth-order valence-corrected chi connectivity index (χ4v) is 4.61. The molecule has 4 aromatic rings. The van der Waals surface area contributed by atoms with Crippen molar-refractivity contribution in [2.75, 3.05) is 0 Å². The SMILES string of the molecule is CC.CC.CC.CC.c1ccc2c(c1)Cc1c-2ccc2c1-c1cc3ccccc3cc1C2. The molecule has 32 heavy (non-hydrogen) atoms. The molecule has 0 saturated heterocycles. The van der Waals surface area contributed by atoms with Crippen LogP contribution < -0.4 is 0 Å². The van der Waals surface area contributed by atoms with Crippen LogP contribution in [0.15, 0.2) is 72.8 Å². The summed E-state index contributed by atoms with van der Waals surface area (Å²) in [7, 11) is 0. The van der Waals surface area contributed by atoms with Crippen LogP contribution in [0.25, 0.3) is 33.0 Å². The van der Waals surface area contributed by atoms with Crippen LogP contribution >= 0.6 is 0 Å². The zero-order valence-corrected chi connectivity index (χ0v) is 21.3. The maximum Gasteiger partial charge on any atom is -0.000718 e. The van der Waals surface area contributed by atoms with E-state index in [1.807, 2.05) is 55.4 Å². The van der Waals surface area contributed by atoms with E-state index in [1.54, 1.807) is 0 Å². The van der Waals surface area contributed by atoms with Crippen LogP contribution in [0.4, 0.5) is 0 Å². The highest BCUT2D eigenvalue weighted by Gasteiger charge is 2.28. The van der Waals surface area contributed by atoms with Gasteiger partial charge >= 0.3 is 0 Å². The average molecular weight is 425 g/mol. The Balaban J connectivity index is 0.000000413. The number of hydrogen-bond donors (Lipinski definition) is 0. The van der Waals surface area contributed by atoms with E-state index in [9.17, 15) is 0 Å². The van der Waals surface area contributed by atoms with Crippen LogP contribution in [0.1, 0.15) is 77.6 Å². The van der Waals surface area contributed by atoms with Gasteiger partial charge < -0.3 is 0 Å². The molecule has 2 aliphatic carbocycles. The highest BCUT2D eigenvalue weighted by molar-refractivity contribution is 5.95. The highest BCUT2D eigenvalue weighted by Crippen LogP contribution is 2.48. The predicted molar refractivity (Wildman–Crippen MR) is 146 cm³/mol. The lowest BCUT2D eigenvalue weighted by atomic mass is 9.94. The van der Waals surface area contributed by atoms with Crippen molar-refractivity contribution in [2.24, 2.45) is 0 Å². The van der Waals surface area contributed by atoms with Crippen LogP contribution in [-0.4, -0.2) is 0 Å². The van der Waals surface area contributed by atoms with E-state index in [-0.39, 0.29) is 0 Å². The number of benzene rings is 4. The van der Waals surface area contributed by atoms with Gasteiger partial charge in [0.05, 0.1) is 0 Å². The van der Waals surface area contributed by atoms with E-state index in [4.69, 9.17) is 0 Å². The van der Waals surface area contributed by atoms with Crippen molar-refractivity contribution in [1.82, 2.24) is 0 Å². The quantitative estimate of drug-likeness (QED) is 0.227. The lowest BCUT2D eigenvalue weighted by Crippen LogP contribution is -1.88. The van der Waals surface area contributed by atoms with E-state index in [1.165, 1.54) is 55.3 Å². The molecule has 0 saturated carbocycles. The average Bonchev–Trinajstić information content (AvgIpc) is 3.45. The maximum absolute atomic E-state index is 2.40. The normalized spacial score (nSPS) is 10.9. The summed E-state index contributed by atoms with van der Waals surface area (Å²) in [5, 5.41) is 2.70. The molecular formula is C32H40. The number of fused-ring (bicyclic) bond motifs is 8. The topological polar surface area (TPSA) is 0 Å². The van der Waals surface area contributed by atoms with Gasteiger partial charge in [0, 0.05) is 0 Å². The number of hydrogen-bond acceptors (Lipinski definition) is 0. The summed E-state index contributed by atoms with van der Waals surface area (Å²) < 4.78 is 0. The fraction of sp³-hybridized carbons (Fsp3) is 0.312. The Morgan fingerprint density at radius 1 is 0.438 bits per heavy atom. The zero-order chi connectivity index (χ0) is 23.7. The molecule has 4 aromatic carbocycles. The first kappa shape index (κ1) is 25.4. The first-order valence-electron chi connectivity index (χ1n) is 12.6. The Kier molecular flexibility index (Phi) is 9.72. The molecule has 0 amide bonds. The third kappa shape index (κ3) is 4.51. The van der Waals surface area contributed by atoms with Crippen molar-refractivity contribution < 1.29 is 0 Å². The molecule has 0 aromatic heterocycles. The molecular weight excluding hydrogens is 384 g/mol. The Bertz CT molecular complexity index is 1150. The second-order valence-corrected chi connectivity index (χ2v) is 6.99. The molecule has 0 bridgehead atoms. The Morgan fingerprint density at radius 2 is 1.03 bits per heavy atom. The summed E-state index contributed by atoms with van der Waals surface area (Å²) in [6, 6.07) is 27.0. The molecule has 0 heteroatoms. The van der Waals surface area contributed by atoms with E-state index in [0.717, 1.165) is 12.8 Å². The van der Waals surface area contributed by atoms with Crippen molar-refractivity contribution in [2.45, 2.75) is 68.2 Å². The minimum absolute atomic E-state index is 1.07. The Labute approximate surface area is 196 Å². The molecule has 0 nitrogen and oxygen atoms in total. The van der Waals surface area contributed by atoms with Gasteiger partial charge in [-0.25, -0.2) is 0 Å². The number of rotatable bonds is 0. The molecule has 0 aliphatic heterocycles. The van der Waals surface area contributed by atoms with E-state index in [2.05, 4.69) is 72.8 Å². The van der Waals surface area contributed by atoms with Gasteiger partial charge in [-0.3, -0.25) is 0 Å². The van der Waals surface area contributed by atoms with Crippen molar-refractivity contribution in [3.63, 3.8) is 0 Å². The predicted octanol–water partition coefficient (Wildman–Crippen LogP) is 10.1. The molecule has 6 rings (SSSR count). The second-order valence-electron chi connectivity index (χ2n) is 6.99. The monoisotopic (exact) mass is 424 g/mol. The largest absolute Gasteiger partial charge is 0.0683 e. The molecule has 0 unspecified atom stereocenters. The van der Waals surface area contributed by atoms with Crippen molar-refractivity contribution in [3.8, 4) is 22.3 Å². The maximum atomic E-state index is 2.40. The van der Waals surface area contributed by atoms with Gasteiger partial charge in [0.1, 0.15) is 0 Å². The smallest absolute Gasteiger partial charge is 0.000718 e. The van der Waals surface area contributed by atoms with Gasteiger partial charge in [-0.05, 0) is 74.2 Å². The minimum atomic E-state index is 1.07. The lowest BCUT2D eigenvalue weighted by molar-refractivity contribution is 1.24. The highest BCUT2D eigenvalue weighted by atomic mass is 14.3. The lowest BCUT2D eigenvalue weighted by Gasteiger charge is -2.10. The van der Waals surface area contributed by atoms with E-state index >= 15 is 0 Å². The summed E-state index contributed by atoms with van der Waals surface area (Å²) in [4.78, 5) is 0. The van der Waals surface area contributed by atoms with Crippen molar-refractivity contribution >= 4 is 10.8 Å². The molecule has 2 aliphatic rings. The van der Waals surface area contributed by atoms with Crippen LogP contribution in [-0.2, 0) is 12.8 Å². The summed E-state index contributed by atoms with van der Waals surface area (Å²) >= 11 is 0. The first-order valence-corrected chi connectivity index (χ1v) is 12.6. The molecule has 0 atom stereocenters. The Morgan fingerprint density at radius 3 is 1.72 bits per heavy atom. The Hall–Kier alpha value is -2.86. The van der Waals surface area contributed by atoms with E-state index < -0.39 is 0 Å². The summed E-state index contributed by atoms with van der Waals surface area (Å²) in [6.07, 6.45) is 2.14. The van der Waals surface area contributed by atoms with Crippen LogP contribution in [0.2, 0.25) is 0 Å². The van der Waals surface area contributed by atoms with Crippen molar-refractivity contribution in [1.29, 1.82) is 0 Å². The molecule has 0 fully saturated rings. The zero-order valence-electron chi connectivity index (χ0n) is 21.3. The standard InChI is InChI=1S/C24H16.4C2H6/c1-2-6-16-13-22-19(11-15(16)5-1)12-18-9-10-21-20-8-4-3-7-17(20)14-23(21)24(18)22;4*1-2/h1-11,13H,12,14H2;4*1-2H3. The van der Waals surface area contributed by atoms with Gasteiger partial charge in [0.25, 0.3) is 0 Å². The molecule has 0 heterocycles. The van der Waals surface area contributed by atoms with Gasteiger partial charge in [-0.1, -0.05) is 122 Å². The third-order valence-electron chi connectivity index (χ3n) is 5.70. The molecule has 0 N–H and O–H groups in total. The van der Waals surface area contributed by atoms with Crippen LogP contribution in [0.3, 0.4) is 0 Å². The second kappa shape index (κ2) is 12.2. The van der Waals surface area contributed by atoms with Crippen LogP contribution in [0, 0.1) is 0 Å². The fourth-order valence-electron chi connectivity index (χ4n) is 4.61. The third-order valence-corrected chi connectivity index (χ3v) is 5.70. The minimum Gasteiger partial charge on any atom is -0.0683 e. The van der Waals surface area contributed by atoms with Gasteiger partial charge in [-0.15, -0.1) is 0 Å². The first-order chi connectivity index (χ1) is 15.9.